The van der Waals surface area contributed by atoms with E-state index in [1.54, 1.807) is 11.6 Å². The van der Waals surface area contributed by atoms with Gasteiger partial charge in [0.2, 0.25) is 0 Å². The molecule has 0 saturated heterocycles. The van der Waals surface area contributed by atoms with Crippen LogP contribution in [0.2, 0.25) is 0 Å². The maximum absolute atomic E-state index is 12.1. The molecule has 0 spiro atoms. The lowest BCUT2D eigenvalue weighted by molar-refractivity contribution is 0.00638. The van der Waals surface area contributed by atoms with Gasteiger partial charge in [-0.25, -0.2) is 9.78 Å². The van der Waals surface area contributed by atoms with Crippen molar-refractivity contribution in [2.24, 2.45) is 5.11 Å². The first-order chi connectivity index (χ1) is 12.9. The maximum Gasteiger partial charge on any atom is 0.358 e. The molecule has 0 N–H and O–H groups in total. The summed E-state index contributed by atoms with van der Waals surface area (Å²) in [5.74, 6) is -0.419. The van der Waals surface area contributed by atoms with Crippen molar-refractivity contribution >= 4 is 17.3 Å². The zero-order valence-corrected chi connectivity index (χ0v) is 16.5. The number of carbonyl (C=O) groups is 1. The molecule has 144 valence electrons. The van der Waals surface area contributed by atoms with Gasteiger partial charge in [-0.05, 0) is 51.3 Å². The summed E-state index contributed by atoms with van der Waals surface area (Å²) in [6.07, 6.45) is 3.31. The van der Waals surface area contributed by atoms with Crippen LogP contribution >= 0.6 is 11.3 Å². The summed E-state index contributed by atoms with van der Waals surface area (Å²) in [7, 11) is 0. The van der Waals surface area contributed by atoms with Gasteiger partial charge in [0.1, 0.15) is 10.6 Å². The fourth-order valence-electron chi connectivity index (χ4n) is 2.19. The predicted octanol–water partition coefficient (Wildman–Crippen LogP) is 4.42. The number of aromatic nitrogens is 2. The quantitative estimate of drug-likeness (QED) is 0.207. The number of esters is 1. The van der Waals surface area contributed by atoms with Gasteiger partial charge >= 0.3 is 5.97 Å². The molecule has 27 heavy (non-hydrogen) atoms. The molecule has 2 heterocycles. The Hall–Kier alpha value is -2.48. The van der Waals surface area contributed by atoms with E-state index in [1.165, 1.54) is 11.3 Å². The highest BCUT2D eigenvalue weighted by Crippen LogP contribution is 2.25. The molecule has 0 amide bonds. The van der Waals surface area contributed by atoms with E-state index in [0.29, 0.717) is 25.5 Å². The minimum Gasteiger partial charge on any atom is -0.455 e. The highest BCUT2D eigenvalue weighted by atomic mass is 32.1. The van der Waals surface area contributed by atoms with Gasteiger partial charge < -0.3 is 9.47 Å². The zero-order valence-electron chi connectivity index (χ0n) is 15.7. The number of aryl methyl sites for hydroxylation is 1. The highest BCUT2D eigenvalue weighted by Gasteiger charge is 2.20. The van der Waals surface area contributed by atoms with Crippen LogP contribution < -0.4 is 0 Å². The highest BCUT2D eigenvalue weighted by molar-refractivity contribution is 7.13. The molecular formula is C18H23N5O3S. The van der Waals surface area contributed by atoms with E-state index < -0.39 is 11.6 Å². The normalized spacial score (nSPS) is 11.1. The summed E-state index contributed by atoms with van der Waals surface area (Å²) >= 11 is 1.40. The SMILES string of the molecule is CC(C)(C)OC(=O)c1csc(-c2ccnc(CCCOCCN=[N+]=[N-])c2)n1. The van der Waals surface area contributed by atoms with Crippen molar-refractivity contribution in [3.05, 3.63) is 45.5 Å². The van der Waals surface area contributed by atoms with Crippen molar-refractivity contribution in [2.45, 2.75) is 39.2 Å². The van der Waals surface area contributed by atoms with Crippen molar-refractivity contribution in [3.63, 3.8) is 0 Å². The van der Waals surface area contributed by atoms with Crippen molar-refractivity contribution in [2.75, 3.05) is 19.8 Å². The van der Waals surface area contributed by atoms with Gasteiger partial charge in [-0.1, -0.05) is 5.11 Å². The topological polar surface area (TPSA) is 110 Å². The predicted molar refractivity (Wildman–Crippen MR) is 104 cm³/mol. The molecule has 2 aromatic rings. The lowest BCUT2D eigenvalue weighted by atomic mass is 10.1. The van der Waals surface area contributed by atoms with Gasteiger partial charge in [0.15, 0.2) is 5.69 Å². The van der Waals surface area contributed by atoms with Gasteiger partial charge in [0.05, 0.1) is 6.61 Å². The van der Waals surface area contributed by atoms with Crippen LogP contribution in [0.5, 0.6) is 0 Å². The van der Waals surface area contributed by atoms with Crippen LogP contribution in [0.1, 0.15) is 43.4 Å². The first kappa shape index (κ1) is 20.8. The molecule has 0 aliphatic heterocycles. The van der Waals surface area contributed by atoms with Crippen molar-refractivity contribution in [1.29, 1.82) is 0 Å². The molecule has 0 bridgehead atoms. The van der Waals surface area contributed by atoms with E-state index in [0.717, 1.165) is 29.1 Å². The number of hydrogen-bond acceptors (Lipinski definition) is 7. The van der Waals surface area contributed by atoms with Gasteiger partial charge in [-0.2, -0.15) is 0 Å². The summed E-state index contributed by atoms with van der Waals surface area (Å²) in [5, 5.41) is 5.88. The van der Waals surface area contributed by atoms with E-state index >= 15 is 0 Å². The summed E-state index contributed by atoms with van der Waals surface area (Å²) < 4.78 is 10.7. The minimum atomic E-state index is -0.548. The Kier molecular flexibility index (Phi) is 7.72. The van der Waals surface area contributed by atoms with Gasteiger partial charge in [0.25, 0.3) is 0 Å². The van der Waals surface area contributed by atoms with Gasteiger partial charge in [-0.15, -0.1) is 11.3 Å². The standard InChI is InChI=1S/C18H23N5O3S/c1-18(2,3)26-17(24)15-12-27-16(22-15)13-6-7-20-14(11-13)5-4-9-25-10-8-21-23-19/h6-7,11-12H,4-5,8-10H2,1-3H3. The molecule has 8 nitrogen and oxygen atoms in total. The third-order valence-electron chi connectivity index (χ3n) is 3.30. The molecule has 2 aromatic heterocycles. The first-order valence-corrected chi connectivity index (χ1v) is 9.50. The van der Waals surface area contributed by atoms with E-state index in [1.807, 2.05) is 32.9 Å². The van der Waals surface area contributed by atoms with Crippen LogP contribution in [-0.2, 0) is 15.9 Å². The number of ether oxygens (including phenoxy) is 2. The number of azide groups is 1. The summed E-state index contributed by atoms with van der Waals surface area (Å²) in [4.78, 5) is 23.5. The third kappa shape index (κ3) is 7.34. The summed E-state index contributed by atoms with van der Waals surface area (Å²) in [6.45, 7) is 6.82. The zero-order chi connectivity index (χ0) is 19.7. The van der Waals surface area contributed by atoms with Crippen molar-refractivity contribution < 1.29 is 14.3 Å². The van der Waals surface area contributed by atoms with Crippen LogP contribution in [0.3, 0.4) is 0 Å². The molecule has 0 radical (unpaired) electrons. The maximum atomic E-state index is 12.1. The van der Waals surface area contributed by atoms with E-state index in [2.05, 4.69) is 20.0 Å². The Morgan fingerprint density at radius 1 is 1.37 bits per heavy atom. The molecule has 9 heteroatoms. The fraction of sp³-hybridized carbons (Fsp3) is 0.500. The molecular weight excluding hydrogens is 366 g/mol. The molecule has 0 aliphatic rings. The Morgan fingerprint density at radius 3 is 2.93 bits per heavy atom. The number of hydrogen-bond donors (Lipinski definition) is 0. The van der Waals surface area contributed by atoms with Gasteiger partial charge in [0, 0.05) is 40.9 Å². The second-order valence-corrected chi connectivity index (χ2v) is 7.60. The second-order valence-electron chi connectivity index (χ2n) is 6.75. The van der Waals surface area contributed by atoms with E-state index in [-0.39, 0.29) is 0 Å². The average Bonchev–Trinajstić information content (AvgIpc) is 3.10. The molecule has 0 aliphatic carbocycles. The van der Waals surface area contributed by atoms with Crippen LogP contribution in [-0.4, -0.2) is 41.3 Å². The average molecular weight is 389 g/mol. The molecule has 0 saturated carbocycles. The minimum absolute atomic E-state index is 0.316. The van der Waals surface area contributed by atoms with E-state index in [9.17, 15) is 4.79 Å². The smallest absolute Gasteiger partial charge is 0.358 e. The number of pyridine rings is 1. The first-order valence-electron chi connectivity index (χ1n) is 8.62. The number of nitrogens with zero attached hydrogens (tertiary/aromatic N) is 5. The molecule has 0 aromatic carbocycles. The molecule has 2 rings (SSSR count). The van der Waals surface area contributed by atoms with Crippen molar-refractivity contribution in [3.8, 4) is 10.6 Å². The Bertz CT molecular complexity index is 809. The van der Waals surface area contributed by atoms with Crippen LogP contribution in [0.25, 0.3) is 21.0 Å². The van der Waals surface area contributed by atoms with Gasteiger partial charge in [-0.3, -0.25) is 4.98 Å². The summed E-state index contributed by atoms with van der Waals surface area (Å²) in [6, 6.07) is 3.84. The number of rotatable bonds is 9. The lowest BCUT2D eigenvalue weighted by Gasteiger charge is -2.18. The second kappa shape index (κ2) is 10.0. The van der Waals surface area contributed by atoms with Crippen LogP contribution in [0, 0.1) is 0 Å². The summed E-state index contributed by atoms with van der Waals surface area (Å²) in [5.41, 5.74) is 9.80. The van der Waals surface area contributed by atoms with E-state index in [4.69, 9.17) is 15.0 Å². The fourth-order valence-corrected chi connectivity index (χ4v) is 2.97. The Morgan fingerprint density at radius 2 is 2.19 bits per heavy atom. The Balaban J connectivity index is 1.91. The van der Waals surface area contributed by atoms with Crippen LogP contribution in [0.4, 0.5) is 0 Å². The third-order valence-corrected chi connectivity index (χ3v) is 4.19. The van der Waals surface area contributed by atoms with Crippen molar-refractivity contribution in [1.82, 2.24) is 9.97 Å². The number of carbonyl (C=O) groups excluding carboxylic acids is 1. The molecule has 0 atom stereocenters. The monoisotopic (exact) mass is 389 g/mol. The largest absolute Gasteiger partial charge is 0.455 e. The molecule has 0 unspecified atom stereocenters. The Labute approximate surface area is 162 Å². The molecule has 0 fully saturated rings. The number of thiazole rings is 1. The lowest BCUT2D eigenvalue weighted by Crippen LogP contribution is -2.24. The van der Waals surface area contributed by atoms with Crippen LogP contribution in [0.15, 0.2) is 28.8 Å².